The van der Waals surface area contributed by atoms with E-state index in [2.05, 4.69) is 14.9 Å². The van der Waals surface area contributed by atoms with E-state index < -0.39 is 11.8 Å². The molecule has 0 atom stereocenters. The van der Waals surface area contributed by atoms with E-state index >= 15 is 0 Å². The summed E-state index contributed by atoms with van der Waals surface area (Å²) in [5.41, 5.74) is 1.93. The number of aromatic carboxylic acids is 1. The standard InChI is InChI=1S/C20H10ClFN4O2/c1-23-13-4-6-16(21)15(9-13)19-14-5-2-11(20(27)28)8-17(14)26(25-19)18-7-3-12(22)10-24-18/h2-10H,(H,27,28). The molecule has 0 radical (unpaired) electrons. The van der Waals surface area contributed by atoms with E-state index in [4.69, 9.17) is 18.2 Å². The van der Waals surface area contributed by atoms with Crippen molar-refractivity contribution in [2.45, 2.75) is 0 Å². The number of hydrogen-bond acceptors (Lipinski definition) is 3. The highest BCUT2D eigenvalue weighted by Gasteiger charge is 2.18. The number of hydrogen-bond donors (Lipinski definition) is 1. The van der Waals surface area contributed by atoms with Crippen molar-refractivity contribution in [2.75, 3.05) is 0 Å². The van der Waals surface area contributed by atoms with Crippen LogP contribution in [0.25, 0.3) is 32.8 Å². The molecule has 0 bridgehead atoms. The molecule has 0 aliphatic rings. The number of carbonyl (C=O) groups is 1. The van der Waals surface area contributed by atoms with Crippen LogP contribution in [0.3, 0.4) is 0 Å². The summed E-state index contributed by atoms with van der Waals surface area (Å²) in [5.74, 6) is -1.27. The van der Waals surface area contributed by atoms with Gasteiger partial charge in [0.1, 0.15) is 11.5 Å². The van der Waals surface area contributed by atoms with E-state index in [0.29, 0.717) is 38.7 Å². The van der Waals surface area contributed by atoms with Crippen molar-refractivity contribution in [2.24, 2.45) is 0 Å². The zero-order valence-corrected chi connectivity index (χ0v) is 14.9. The van der Waals surface area contributed by atoms with E-state index in [1.165, 1.54) is 28.9 Å². The highest BCUT2D eigenvalue weighted by molar-refractivity contribution is 6.33. The molecule has 2 heterocycles. The Kier molecular flexibility index (Phi) is 4.26. The third-order valence-electron chi connectivity index (χ3n) is 4.19. The van der Waals surface area contributed by atoms with Crippen LogP contribution < -0.4 is 0 Å². The summed E-state index contributed by atoms with van der Waals surface area (Å²) in [6.45, 7) is 7.22. The Balaban J connectivity index is 2.05. The van der Waals surface area contributed by atoms with E-state index in [-0.39, 0.29) is 5.56 Å². The molecule has 2 aromatic heterocycles. The minimum Gasteiger partial charge on any atom is -0.478 e. The fourth-order valence-electron chi connectivity index (χ4n) is 2.88. The molecule has 0 saturated heterocycles. The topological polar surface area (TPSA) is 72.4 Å². The van der Waals surface area contributed by atoms with Crippen LogP contribution in [0.2, 0.25) is 5.02 Å². The largest absolute Gasteiger partial charge is 0.478 e. The summed E-state index contributed by atoms with van der Waals surface area (Å²) < 4.78 is 14.7. The van der Waals surface area contributed by atoms with Gasteiger partial charge in [0.15, 0.2) is 11.5 Å². The lowest BCUT2D eigenvalue weighted by Crippen LogP contribution is -2.01. The average Bonchev–Trinajstić information content (AvgIpc) is 3.07. The van der Waals surface area contributed by atoms with E-state index in [1.807, 2.05) is 0 Å². The number of fused-ring (bicyclic) bond motifs is 1. The van der Waals surface area contributed by atoms with Crippen molar-refractivity contribution in [1.29, 1.82) is 0 Å². The lowest BCUT2D eigenvalue weighted by Gasteiger charge is -2.03. The van der Waals surface area contributed by atoms with Gasteiger partial charge < -0.3 is 5.11 Å². The van der Waals surface area contributed by atoms with Crippen molar-refractivity contribution in [3.05, 3.63) is 82.5 Å². The smallest absolute Gasteiger partial charge is 0.335 e. The lowest BCUT2D eigenvalue weighted by molar-refractivity contribution is 0.0697. The first-order chi connectivity index (χ1) is 13.5. The summed E-state index contributed by atoms with van der Waals surface area (Å²) >= 11 is 6.33. The van der Waals surface area contributed by atoms with Crippen LogP contribution in [0.15, 0.2) is 54.7 Å². The molecule has 0 unspecified atom stereocenters. The Morgan fingerprint density at radius 1 is 1.18 bits per heavy atom. The molecular formula is C20H10ClFN4O2. The van der Waals surface area contributed by atoms with Gasteiger partial charge in [-0.25, -0.2) is 23.7 Å². The predicted octanol–water partition coefficient (Wildman–Crippen LogP) is 5.13. The van der Waals surface area contributed by atoms with Crippen LogP contribution in [-0.4, -0.2) is 25.8 Å². The SMILES string of the molecule is [C-]#[N+]c1ccc(Cl)c(-c2nn(-c3ccc(F)cn3)c3cc(C(=O)O)ccc23)c1. The number of rotatable bonds is 3. The number of pyridine rings is 1. The van der Waals surface area contributed by atoms with Crippen molar-refractivity contribution in [3.8, 4) is 17.1 Å². The Morgan fingerprint density at radius 2 is 2.00 bits per heavy atom. The average molecular weight is 393 g/mol. The Bertz CT molecular complexity index is 1280. The maximum absolute atomic E-state index is 13.3. The first kappa shape index (κ1) is 17.6. The van der Waals surface area contributed by atoms with Crippen LogP contribution in [0, 0.1) is 12.4 Å². The van der Waals surface area contributed by atoms with E-state index in [9.17, 15) is 14.3 Å². The van der Waals surface area contributed by atoms with Crippen LogP contribution in [0.4, 0.5) is 10.1 Å². The van der Waals surface area contributed by atoms with Crippen LogP contribution in [-0.2, 0) is 0 Å². The minimum absolute atomic E-state index is 0.0725. The van der Waals surface area contributed by atoms with Gasteiger partial charge in [0.2, 0.25) is 0 Å². The molecule has 136 valence electrons. The molecule has 0 amide bonds. The minimum atomic E-state index is -1.09. The summed E-state index contributed by atoms with van der Waals surface area (Å²) in [6.07, 6.45) is 1.05. The van der Waals surface area contributed by atoms with Crippen LogP contribution in [0.5, 0.6) is 0 Å². The molecule has 4 rings (SSSR count). The Labute approximate surface area is 163 Å². The van der Waals surface area contributed by atoms with Gasteiger partial charge in [0, 0.05) is 16.0 Å². The van der Waals surface area contributed by atoms with E-state index in [0.717, 1.165) is 6.20 Å². The number of carboxylic acids is 1. The predicted molar refractivity (Wildman–Crippen MR) is 102 cm³/mol. The maximum Gasteiger partial charge on any atom is 0.335 e. The molecule has 6 nitrogen and oxygen atoms in total. The second kappa shape index (κ2) is 6.76. The molecule has 28 heavy (non-hydrogen) atoms. The molecule has 0 fully saturated rings. The quantitative estimate of drug-likeness (QED) is 0.490. The Morgan fingerprint density at radius 3 is 2.68 bits per heavy atom. The monoisotopic (exact) mass is 392 g/mol. The molecule has 2 aromatic carbocycles. The molecule has 4 aromatic rings. The molecule has 0 aliphatic heterocycles. The van der Waals surface area contributed by atoms with Gasteiger partial charge in [0.05, 0.1) is 23.8 Å². The van der Waals surface area contributed by atoms with Gasteiger partial charge in [-0.1, -0.05) is 23.7 Å². The first-order valence-corrected chi connectivity index (χ1v) is 8.41. The van der Waals surface area contributed by atoms with Crippen molar-refractivity contribution in [3.63, 3.8) is 0 Å². The summed E-state index contributed by atoms with van der Waals surface area (Å²) in [5, 5.41) is 14.9. The molecule has 0 aliphatic carbocycles. The number of nitrogens with zero attached hydrogens (tertiary/aromatic N) is 4. The second-order valence-electron chi connectivity index (χ2n) is 5.91. The highest BCUT2D eigenvalue weighted by atomic mass is 35.5. The van der Waals surface area contributed by atoms with Crippen molar-refractivity contribution in [1.82, 2.24) is 14.8 Å². The second-order valence-corrected chi connectivity index (χ2v) is 6.32. The summed E-state index contributed by atoms with van der Waals surface area (Å²) in [6, 6.07) is 12.1. The highest BCUT2D eigenvalue weighted by Crippen LogP contribution is 2.36. The van der Waals surface area contributed by atoms with Gasteiger partial charge in [0.25, 0.3) is 0 Å². The number of benzene rings is 2. The van der Waals surface area contributed by atoms with Gasteiger partial charge in [-0.3, -0.25) is 0 Å². The fraction of sp³-hybridized carbons (Fsp3) is 0. The molecule has 8 heteroatoms. The summed E-state index contributed by atoms with van der Waals surface area (Å²) in [7, 11) is 0. The molecule has 1 N–H and O–H groups in total. The lowest BCUT2D eigenvalue weighted by atomic mass is 10.1. The Hall–Kier alpha value is -3.76. The van der Waals surface area contributed by atoms with Crippen LogP contribution >= 0.6 is 11.6 Å². The summed E-state index contributed by atoms with van der Waals surface area (Å²) in [4.78, 5) is 18.9. The molecule has 0 saturated carbocycles. The normalized spacial score (nSPS) is 10.8. The first-order valence-electron chi connectivity index (χ1n) is 8.03. The third kappa shape index (κ3) is 2.96. The van der Waals surface area contributed by atoms with Crippen molar-refractivity contribution >= 4 is 34.2 Å². The number of aromatic nitrogens is 3. The van der Waals surface area contributed by atoms with Gasteiger partial charge in [-0.15, -0.1) is 0 Å². The zero-order chi connectivity index (χ0) is 19.8. The number of carboxylic acid groups (broad SMARTS) is 1. The molecule has 0 spiro atoms. The van der Waals surface area contributed by atoms with Gasteiger partial charge >= 0.3 is 5.97 Å². The van der Waals surface area contributed by atoms with E-state index in [1.54, 1.807) is 24.3 Å². The maximum atomic E-state index is 13.3. The van der Waals surface area contributed by atoms with Gasteiger partial charge in [-0.05, 0) is 36.4 Å². The van der Waals surface area contributed by atoms with Crippen molar-refractivity contribution < 1.29 is 14.3 Å². The zero-order valence-electron chi connectivity index (χ0n) is 14.1. The van der Waals surface area contributed by atoms with Gasteiger partial charge in [-0.2, -0.15) is 5.10 Å². The van der Waals surface area contributed by atoms with Crippen LogP contribution in [0.1, 0.15) is 10.4 Å². The third-order valence-corrected chi connectivity index (χ3v) is 4.52. The molecular weight excluding hydrogens is 383 g/mol. The number of halogens is 2. The fourth-order valence-corrected chi connectivity index (χ4v) is 3.09.